The number of hydrogen-bond acceptors (Lipinski definition) is 5. The first kappa shape index (κ1) is 23.9. The topological polar surface area (TPSA) is 81.2 Å². The van der Waals surface area contributed by atoms with Gasteiger partial charge in [0.25, 0.3) is 0 Å². The predicted octanol–water partition coefficient (Wildman–Crippen LogP) is 5.28. The molecule has 0 saturated carbocycles. The minimum Gasteiger partial charge on any atom is -0.361 e. The summed E-state index contributed by atoms with van der Waals surface area (Å²) in [7, 11) is -2.17. The van der Waals surface area contributed by atoms with Crippen molar-refractivity contribution in [2.24, 2.45) is 0 Å². The second-order valence-electron chi connectivity index (χ2n) is 10.3. The van der Waals surface area contributed by atoms with E-state index in [0.717, 1.165) is 45.9 Å². The highest BCUT2D eigenvalue weighted by Gasteiger charge is 2.39. The first-order valence-corrected chi connectivity index (χ1v) is 14.6. The molecule has 2 aromatic heterocycles. The SMILES string of the molecule is C=S1(=O)CC[C@H](n2c([C@@H]3CCC(=O)N3c3ccc(C)c(F)c3)nc3cc(-c4c(C)noc4C)ccc32)C1. The molecule has 1 unspecified atom stereocenters. The smallest absolute Gasteiger partial charge is 0.227 e. The molecule has 0 aliphatic carbocycles. The number of carbonyl (C=O) groups excluding carboxylic acids is 1. The maximum absolute atomic E-state index is 14.5. The number of anilines is 1. The average Bonchev–Trinajstić information content (AvgIpc) is 3.59. The molecule has 6 rings (SSSR count). The maximum atomic E-state index is 14.5. The Labute approximate surface area is 215 Å². The number of aryl methyl sites for hydroxylation is 3. The van der Waals surface area contributed by atoms with Gasteiger partial charge < -0.3 is 14.0 Å². The van der Waals surface area contributed by atoms with E-state index in [1.54, 1.807) is 24.0 Å². The Morgan fingerprint density at radius 3 is 2.62 bits per heavy atom. The van der Waals surface area contributed by atoms with Gasteiger partial charge in [0.05, 0.1) is 22.8 Å². The summed E-state index contributed by atoms with van der Waals surface area (Å²) in [5.74, 6) is 6.06. The normalized spacial score (nSPS) is 24.0. The molecule has 4 aromatic rings. The summed E-state index contributed by atoms with van der Waals surface area (Å²) in [6.45, 7) is 5.50. The minimum atomic E-state index is -2.17. The molecule has 0 spiro atoms. The van der Waals surface area contributed by atoms with Gasteiger partial charge >= 0.3 is 0 Å². The van der Waals surface area contributed by atoms with Crippen LogP contribution in [0.15, 0.2) is 40.9 Å². The van der Waals surface area contributed by atoms with Crippen LogP contribution in [0.25, 0.3) is 22.2 Å². The molecule has 37 heavy (non-hydrogen) atoms. The van der Waals surface area contributed by atoms with E-state index in [2.05, 4.69) is 15.6 Å². The van der Waals surface area contributed by atoms with E-state index in [1.807, 2.05) is 32.0 Å². The second kappa shape index (κ2) is 8.55. The molecule has 192 valence electrons. The molecule has 4 heterocycles. The van der Waals surface area contributed by atoms with Crippen molar-refractivity contribution < 1.29 is 17.9 Å². The van der Waals surface area contributed by atoms with Crippen molar-refractivity contribution in [1.82, 2.24) is 14.7 Å². The van der Waals surface area contributed by atoms with Gasteiger partial charge in [0.2, 0.25) is 5.91 Å². The largest absolute Gasteiger partial charge is 0.361 e. The van der Waals surface area contributed by atoms with Crippen molar-refractivity contribution in [2.75, 3.05) is 16.4 Å². The standard InChI is InChI=1S/C28H29FN4O3S/c1-16-5-7-20(14-22(16)29)32-25(9-10-26(32)34)28-30-23-13-19(27-17(2)31-36-18(27)3)6-8-24(23)33(28)21-11-12-37(4,35)15-21/h5-8,13-14,21,25H,4,9-12,15H2,1-3H3/t21-,25-,37?/m0/s1. The van der Waals surface area contributed by atoms with Crippen LogP contribution >= 0.6 is 0 Å². The Hall–Kier alpha value is -3.46. The molecule has 2 saturated heterocycles. The zero-order valence-electron chi connectivity index (χ0n) is 21.2. The molecule has 0 radical (unpaired) electrons. The number of imidazole rings is 1. The number of nitrogens with zero attached hydrogens (tertiary/aromatic N) is 4. The lowest BCUT2D eigenvalue weighted by molar-refractivity contribution is -0.117. The molecule has 2 aliphatic rings. The van der Waals surface area contributed by atoms with E-state index < -0.39 is 9.52 Å². The quantitative estimate of drug-likeness (QED) is 0.342. The van der Waals surface area contributed by atoms with Crippen LogP contribution in [0.5, 0.6) is 0 Å². The van der Waals surface area contributed by atoms with E-state index >= 15 is 0 Å². The lowest BCUT2D eigenvalue weighted by Gasteiger charge is -2.27. The zero-order chi connectivity index (χ0) is 26.1. The van der Waals surface area contributed by atoms with Crippen molar-refractivity contribution in [2.45, 2.75) is 52.1 Å². The van der Waals surface area contributed by atoms with Crippen LogP contribution in [0.1, 0.15) is 54.2 Å². The highest BCUT2D eigenvalue weighted by atomic mass is 32.2. The summed E-state index contributed by atoms with van der Waals surface area (Å²) in [5, 5.41) is 4.09. The summed E-state index contributed by atoms with van der Waals surface area (Å²) >= 11 is 0. The van der Waals surface area contributed by atoms with Crippen LogP contribution < -0.4 is 4.90 Å². The molecule has 1 amide bonds. The van der Waals surface area contributed by atoms with Gasteiger partial charge in [0, 0.05) is 35.2 Å². The van der Waals surface area contributed by atoms with Crippen LogP contribution in [-0.2, 0) is 14.3 Å². The molecule has 0 bridgehead atoms. The Kier molecular flexibility index (Phi) is 5.52. The number of rotatable bonds is 4. The number of aromatic nitrogens is 3. The third-order valence-electron chi connectivity index (χ3n) is 7.67. The van der Waals surface area contributed by atoms with Crippen LogP contribution in [0.4, 0.5) is 10.1 Å². The second-order valence-corrected chi connectivity index (χ2v) is 12.9. The molecule has 2 fully saturated rings. The Morgan fingerprint density at radius 2 is 1.95 bits per heavy atom. The van der Waals surface area contributed by atoms with E-state index in [0.29, 0.717) is 35.6 Å². The summed E-state index contributed by atoms with van der Waals surface area (Å²) in [5.41, 5.74) is 5.45. The summed E-state index contributed by atoms with van der Waals surface area (Å²) in [4.78, 5) is 19.8. The fraction of sp³-hybridized carbons (Fsp3) is 0.357. The Morgan fingerprint density at radius 1 is 1.14 bits per heavy atom. The molecule has 2 aliphatic heterocycles. The van der Waals surface area contributed by atoms with E-state index in [9.17, 15) is 13.4 Å². The van der Waals surface area contributed by atoms with Crippen LogP contribution in [0.2, 0.25) is 0 Å². The van der Waals surface area contributed by atoms with Crippen molar-refractivity contribution in [3.63, 3.8) is 0 Å². The van der Waals surface area contributed by atoms with Gasteiger partial charge in [-0.2, -0.15) is 0 Å². The highest BCUT2D eigenvalue weighted by molar-refractivity contribution is 8.00. The molecular formula is C28H29FN4O3S. The fourth-order valence-electron chi connectivity index (χ4n) is 5.84. The summed E-state index contributed by atoms with van der Waals surface area (Å²) in [6.07, 6.45) is 1.65. The van der Waals surface area contributed by atoms with E-state index in [-0.39, 0.29) is 23.8 Å². The molecule has 0 N–H and O–H groups in total. The van der Waals surface area contributed by atoms with Crippen molar-refractivity contribution in [3.05, 3.63) is 65.1 Å². The molecular weight excluding hydrogens is 491 g/mol. The van der Waals surface area contributed by atoms with Gasteiger partial charge in [-0.05, 0) is 84.4 Å². The maximum Gasteiger partial charge on any atom is 0.227 e. The van der Waals surface area contributed by atoms with Gasteiger partial charge in [0.1, 0.15) is 17.4 Å². The lowest BCUT2D eigenvalue weighted by atomic mass is 10.0. The molecule has 3 atom stereocenters. The third-order valence-corrected chi connectivity index (χ3v) is 9.64. The first-order chi connectivity index (χ1) is 17.6. The monoisotopic (exact) mass is 520 g/mol. The number of carbonyl (C=O) groups is 1. The number of fused-ring (bicyclic) bond motifs is 1. The van der Waals surface area contributed by atoms with E-state index in [1.165, 1.54) is 6.07 Å². The van der Waals surface area contributed by atoms with Gasteiger partial charge in [0.15, 0.2) is 0 Å². The molecule has 7 nitrogen and oxygen atoms in total. The highest BCUT2D eigenvalue weighted by Crippen LogP contribution is 2.41. The zero-order valence-corrected chi connectivity index (χ0v) is 22.0. The predicted molar refractivity (Wildman–Crippen MR) is 144 cm³/mol. The van der Waals surface area contributed by atoms with Crippen molar-refractivity contribution in [3.8, 4) is 11.1 Å². The summed E-state index contributed by atoms with van der Waals surface area (Å²) < 4.78 is 34.9. The summed E-state index contributed by atoms with van der Waals surface area (Å²) in [6, 6.07) is 10.6. The number of amides is 1. The average molecular weight is 521 g/mol. The van der Waals surface area contributed by atoms with Gasteiger partial charge in [-0.25, -0.2) is 9.37 Å². The van der Waals surface area contributed by atoms with Crippen LogP contribution in [-0.4, -0.2) is 42.2 Å². The molecule has 9 heteroatoms. The Bertz CT molecular complexity index is 1650. The first-order valence-electron chi connectivity index (χ1n) is 12.5. The third kappa shape index (κ3) is 3.96. The van der Waals surface area contributed by atoms with Crippen LogP contribution in [0, 0.1) is 26.6 Å². The lowest BCUT2D eigenvalue weighted by Crippen LogP contribution is -2.30. The minimum absolute atomic E-state index is 0.0396. The van der Waals surface area contributed by atoms with Gasteiger partial charge in [-0.3, -0.25) is 9.00 Å². The van der Waals surface area contributed by atoms with Gasteiger partial charge in [-0.15, -0.1) is 0 Å². The number of benzene rings is 2. The van der Waals surface area contributed by atoms with Crippen LogP contribution in [0.3, 0.4) is 0 Å². The van der Waals surface area contributed by atoms with Crippen molar-refractivity contribution >= 4 is 38.0 Å². The fourth-order valence-corrected chi connectivity index (χ4v) is 7.73. The number of halogens is 1. The molecule has 2 aromatic carbocycles. The van der Waals surface area contributed by atoms with E-state index in [4.69, 9.17) is 9.51 Å². The number of hydrogen-bond donors (Lipinski definition) is 0. The Balaban J connectivity index is 1.53. The van der Waals surface area contributed by atoms with Crippen molar-refractivity contribution in [1.29, 1.82) is 0 Å². The van der Waals surface area contributed by atoms with Gasteiger partial charge in [-0.1, -0.05) is 17.3 Å².